The van der Waals surface area contributed by atoms with Crippen LogP contribution in [-0.2, 0) is 6.42 Å². The number of aliphatic imine (C=N–C) groups is 1. The van der Waals surface area contributed by atoms with Crippen molar-refractivity contribution in [3.8, 4) is 5.75 Å². The van der Waals surface area contributed by atoms with E-state index in [9.17, 15) is 15.2 Å². The van der Waals surface area contributed by atoms with Gasteiger partial charge in [-0.2, -0.15) is 0 Å². The second-order valence-electron chi connectivity index (χ2n) is 5.82. The van der Waals surface area contributed by atoms with Gasteiger partial charge in [0.2, 0.25) is 0 Å². The largest absolute Gasteiger partial charge is 0.502 e. The first-order valence-corrected chi connectivity index (χ1v) is 9.27. The number of anilines is 1. The molecule has 0 bridgehead atoms. The molecule has 0 aliphatic carbocycles. The minimum atomic E-state index is -0.590. The molecular weight excluding hydrogens is 350 g/mol. The van der Waals surface area contributed by atoms with Crippen LogP contribution in [0.4, 0.5) is 11.4 Å². The van der Waals surface area contributed by atoms with Crippen molar-refractivity contribution in [2.45, 2.75) is 12.8 Å². The summed E-state index contributed by atoms with van der Waals surface area (Å²) in [7, 11) is 0. The Hall–Kier alpha value is -2.80. The number of benzene rings is 2. The predicted molar refractivity (Wildman–Crippen MR) is 107 cm³/mol. The summed E-state index contributed by atoms with van der Waals surface area (Å²) in [5.74, 6) is 0.778. The summed E-state index contributed by atoms with van der Waals surface area (Å²) in [5.41, 5.74) is 2.55. The molecular formula is C19H19N3O3S. The van der Waals surface area contributed by atoms with Gasteiger partial charge in [-0.1, -0.05) is 42.1 Å². The maximum Gasteiger partial charge on any atom is 0.311 e. The fourth-order valence-electron chi connectivity index (χ4n) is 2.50. The lowest BCUT2D eigenvalue weighted by Crippen LogP contribution is -2.13. The van der Waals surface area contributed by atoms with Gasteiger partial charge in [-0.3, -0.25) is 15.1 Å². The highest BCUT2D eigenvalue weighted by molar-refractivity contribution is 8.14. The molecule has 0 amide bonds. The number of nitro groups is 1. The van der Waals surface area contributed by atoms with E-state index >= 15 is 0 Å². The zero-order valence-electron chi connectivity index (χ0n) is 14.1. The Balaban J connectivity index is 1.59. The molecule has 2 aromatic rings. The molecule has 0 spiro atoms. The van der Waals surface area contributed by atoms with Gasteiger partial charge in [0.05, 0.1) is 4.92 Å². The van der Waals surface area contributed by atoms with Crippen LogP contribution in [0.25, 0.3) is 6.08 Å². The van der Waals surface area contributed by atoms with Crippen molar-refractivity contribution >= 4 is 34.4 Å². The van der Waals surface area contributed by atoms with Crippen LogP contribution in [0, 0.1) is 10.1 Å². The van der Waals surface area contributed by atoms with Crippen LogP contribution in [0.15, 0.2) is 53.5 Å². The van der Waals surface area contributed by atoms with Crippen molar-refractivity contribution in [1.29, 1.82) is 0 Å². The number of allylic oxidation sites excluding steroid dienone is 1. The third-order valence-electron chi connectivity index (χ3n) is 3.86. The number of amidine groups is 1. The van der Waals surface area contributed by atoms with E-state index in [0.29, 0.717) is 12.0 Å². The van der Waals surface area contributed by atoms with Crippen molar-refractivity contribution < 1.29 is 10.0 Å². The second-order valence-corrected chi connectivity index (χ2v) is 6.91. The fourth-order valence-corrected chi connectivity index (χ4v) is 3.34. The van der Waals surface area contributed by atoms with Gasteiger partial charge < -0.3 is 10.4 Å². The third kappa shape index (κ3) is 4.86. The molecule has 26 heavy (non-hydrogen) atoms. The van der Waals surface area contributed by atoms with Gasteiger partial charge in [0.1, 0.15) is 0 Å². The summed E-state index contributed by atoms with van der Waals surface area (Å²) >= 11 is 1.74. The van der Waals surface area contributed by atoms with E-state index in [2.05, 4.69) is 10.3 Å². The number of thioether (sulfide) groups is 1. The molecule has 0 aromatic heterocycles. The number of nitro benzene ring substituents is 1. The average Bonchev–Trinajstić information content (AvgIpc) is 2.65. The predicted octanol–water partition coefficient (Wildman–Crippen LogP) is 4.46. The molecule has 1 aliphatic heterocycles. The molecule has 7 heteroatoms. The van der Waals surface area contributed by atoms with Crippen LogP contribution in [0.2, 0.25) is 0 Å². The normalized spacial score (nSPS) is 14.2. The summed E-state index contributed by atoms with van der Waals surface area (Å²) in [4.78, 5) is 14.7. The Bertz CT molecular complexity index is 848. The average molecular weight is 369 g/mol. The zero-order chi connectivity index (χ0) is 18.4. The third-order valence-corrected chi connectivity index (χ3v) is 4.86. The molecule has 1 heterocycles. The number of phenolic OH excluding ortho intramolecular Hbond substituents is 1. The lowest BCUT2D eigenvalue weighted by Gasteiger charge is -2.13. The first-order valence-electron chi connectivity index (χ1n) is 8.29. The molecule has 2 aromatic carbocycles. The van der Waals surface area contributed by atoms with Crippen LogP contribution < -0.4 is 5.32 Å². The van der Waals surface area contributed by atoms with Gasteiger partial charge in [0, 0.05) is 24.1 Å². The number of aromatic hydroxyl groups is 1. The highest BCUT2D eigenvalue weighted by Gasteiger charge is 2.12. The molecule has 0 fully saturated rings. The second kappa shape index (κ2) is 8.53. The van der Waals surface area contributed by atoms with Crippen molar-refractivity contribution in [2.24, 2.45) is 4.99 Å². The fraction of sp³-hybridized carbons (Fsp3) is 0.211. The molecule has 0 saturated carbocycles. The van der Waals surface area contributed by atoms with Crippen molar-refractivity contribution in [1.82, 2.24) is 0 Å². The van der Waals surface area contributed by atoms with E-state index in [1.54, 1.807) is 17.8 Å². The zero-order valence-corrected chi connectivity index (χ0v) is 14.9. The quantitative estimate of drug-likeness (QED) is 0.600. The minimum absolute atomic E-state index is 0.286. The van der Waals surface area contributed by atoms with Crippen LogP contribution in [0.3, 0.4) is 0 Å². The van der Waals surface area contributed by atoms with Gasteiger partial charge in [0.15, 0.2) is 10.9 Å². The van der Waals surface area contributed by atoms with Crippen LogP contribution in [-0.4, -0.2) is 27.5 Å². The maximum atomic E-state index is 10.8. The summed E-state index contributed by atoms with van der Waals surface area (Å²) in [6.07, 6.45) is 5.60. The Morgan fingerprint density at radius 3 is 2.77 bits per heavy atom. The highest BCUT2D eigenvalue weighted by atomic mass is 32.2. The number of hydrogen-bond donors (Lipinski definition) is 2. The Labute approximate surface area is 155 Å². The van der Waals surface area contributed by atoms with Crippen molar-refractivity contribution in [3.63, 3.8) is 0 Å². The summed E-state index contributed by atoms with van der Waals surface area (Å²) in [5, 5.41) is 24.6. The first kappa shape index (κ1) is 18.0. The Kier molecular flexibility index (Phi) is 5.91. The van der Waals surface area contributed by atoms with E-state index in [1.165, 1.54) is 12.1 Å². The molecule has 0 radical (unpaired) electrons. The molecule has 0 unspecified atom stereocenters. The minimum Gasteiger partial charge on any atom is -0.502 e. The van der Waals surface area contributed by atoms with Crippen LogP contribution in [0.1, 0.15) is 17.5 Å². The first-order chi connectivity index (χ1) is 12.6. The monoisotopic (exact) mass is 369 g/mol. The highest BCUT2D eigenvalue weighted by Crippen LogP contribution is 2.26. The molecule has 0 saturated heterocycles. The molecule has 2 N–H and O–H groups in total. The molecule has 1 aliphatic rings. The number of hydrogen-bond acceptors (Lipinski definition) is 6. The maximum absolute atomic E-state index is 10.8. The van der Waals surface area contributed by atoms with Crippen molar-refractivity contribution in [3.05, 3.63) is 69.8 Å². The smallest absolute Gasteiger partial charge is 0.311 e. The van der Waals surface area contributed by atoms with Gasteiger partial charge >= 0.3 is 5.69 Å². The van der Waals surface area contributed by atoms with Gasteiger partial charge in [-0.15, -0.1) is 0 Å². The Morgan fingerprint density at radius 1 is 1.27 bits per heavy atom. The molecule has 6 nitrogen and oxygen atoms in total. The number of nitrogens with zero attached hydrogens (tertiary/aromatic N) is 2. The topological polar surface area (TPSA) is 87.8 Å². The van der Waals surface area contributed by atoms with E-state index in [1.807, 2.05) is 36.4 Å². The van der Waals surface area contributed by atoms with Gasteiger partial charge in [0.25, 0.3) is 0 Å². The van der Waals surface area contributed by atoms with E-state index in [-0.39, 0.29) is 11.4 Å². The van der Waals surface area contributed by atoms with E-state index in [0.717, 1.165) is 35.1 Å². The number of nitrogens with one attached hydrogen (secondary N) is 1. The van der Waals surface area contributed by atoms with Crippen LogP contribution in [0.5, 0.6) is 5.75 Å². The number of rotatable bonds is 5. The standard InChI is InChI=1S/C19H19N3O3S/c23-18-10-7-15(13-17(18)22(24)25)4-1-3-14-5-8-16(9-6-14)21-19-20-11-2-12-26-19/h1,4-10,13,23H,2-3,11-12H2,(H,20,21). The van der Waals surface area contributed by atoms with Gasteiger partial charge in [-0.25, -0.2) is 0 Å². The van der Waals surface area contributed by atoms with E-state index in [4.69, 9.17) is 0 Å². The van der Waals surface area contributed by atoms with Gasteiger partial charge in [-0.05, 0) is 42.2 Å². The lowest BCUT2D eigenvalue weighted by molar-refractivity contribution is -0.385. The summed E-state index contributed by atoms with van der Waals surface area (Å²) in [6, 6.07) is 12.5. The van der Waals surface area contributed by atoms with E-state index < -0.39 is 4.92 Å². The summed E-state index contributed by atoms with van der Waals surface area (Å²) < 4.78 is 0. The SMILES string of the molecule is O=[N+]([O-])c1cc(C=CCc2ccc(NC3=NCCCS3)cc2)ccc1O. The lowest BCUT2D eigenvalue weighted by atomic mass is 10.1. The summed E-state index contributed by atoms with van der Waals surface area (Å²) in [6.45, 7) is 0.883. The van der Waals surface area contributed by atoms with Crippen molar-refractivity contribution in [2.75, 3.05) is 17.6 Å². The number of phenols is 1. The molecule has 3 rings (SSSR count). The van der Waals surface area contributed by atoms with Crippen LogP contribution >= 0.6 is 11.8 Å². The molecule has 0 atom stereocenters. The Morgan fingerprint density at radius 2 is 2.08 bits per heavy atom. The molecule has 134 valence electrons.